The highest BCUT2D eigenvalue weighted by atomic mass is 16.6. The van der Waals surface area contributed by atoms with E-state index in [1.54, 1.807) is 0 Å². The van der Waals surface area contributed by atoms with E-state index in [1.807, 2.05) is 27.1 Å². The van der Waals surface area contributed by atoms with E-state index in [9.17, 15) is 0 Å². The summed E-state index contributed by atoms with van der Waals surface area (Å²) in [5.74, 6) is 0. The third-order valence-corrected chi connectivity index (χ3v) is 1.93. The molecule has 0 amide bonds. The van der Waals surface area contributed by atoms with Crippen LogP contribution in [-0.2, 0) is 4.84 Å². The minimum atomic E-state index is -0.373. The van der Waals surface area contributed by atoms with Crippen LogP contribution in [0.1, 0.15) is 6.92 Å². The Morgan fingerprint density at radius 1 is 1.42 bits per heavy atom. The van der Waals surface area contributed by atoms with Crippen molar-refractivity contribution in [3.63, 3.8) is 0 Å². The molecule has 0 saturated heterocycles. The van der Waals surface area contributed by atoms with Gasteiger partial charge < -0.3 is 15.5 Å². The second kappa shape index (κ2) is 3.64. The van der Waals surface area contributed by atoms with E-state index in [0.29, 0.717) is 0 Å². The lowest BCUT2D eigenvalue weighted by atomic mass is 9.99. The van der Waals surface area contributed by atoms with Crippen LogP contribution in [0, 0.1) is 0 Å². The van der Waals surface area contributed by atoms with Crippen molar-refractivity contribution in [1.82, 2.24) is 10.6 Å². The highest BCUT2D eigenvalue weighted by molar-refractivity contribution is 5.08. The van der Waals surface area contributed by atoms with E-state index in [1.165, 1.54) is 6.26 Å². The molecule has 1 aliphatic heterocycles. The van der Waals surface area contributed by atoms with Gasteiger partial charge in [0.15, 0.2) is 0 Å². The second-order valence-corrected chi connectivity index (χ2v) is 2.83. The summed E-state index contributed by atoms with van der Waals surface area (Å²) in [7, 11) is 3.73. The quantitative estimate of drug-likeness (QED) is 0.603. The number of likely N-dealkylation sites (N-methyl/N-ethyl adjacent to an activating group) is 2. The fraction of sp³-hybridized carbons (Fsp3) is 0.714. The summed E-state index contributed by atoms with van der Waals surface area (Å²) in [5, 5.41) is 13.7. The van der Waals surface area contributed by atoms with Gasteiger partial charge in [-0.3, -0.25) is 0 Å². The lowest BCUT2D eigenvalue weighted by Gasteiger charge is -2.30. The molecular weight excluding hydrogens is 156 g/mol. The predicted molar refractivity (Wildman–Crippen MR) is 45.4 cm³/mol. The number of nitrogens with one attached hydrogen (secondary N) is 2. The topological polar surface area (TPSA) is 58.0 Å². The lowest BCUT2D eigenvalue weighted by Crippen LogP contribution is -2.53. The Balaban J connectivity index is 2.74. The molecule has 0 aromatic rings. The monoisotopic (exact) mass is 170 g/mol. The molecule has 2 N–H and O–H groups in total. The van der Waals surface area contributed by atoms with Gasteiger partial charge in [0.05, 0.1) is 6.17 Å². The predicted octanol–water partition coefficient (Wildman–Crippen LogP) is 0.421. The number of nitrogens with zero attached hydrogens (tertiary/aromatic N) is 2. The first-order valence-electron chi connectivity index (χ1n) is 3.83. The van der Waals surface area contributed by atoms with Crippen LogP contribution in [0.4, 0.5) is 0 Å². The summed E-state index contributed by atoms with van der Waals surface area (Å²) in [4.78, 5) is 4.63. The molecule has 0 aromatic carbocycles. The molecule has 5 heteroatoms. The second-order valence-electron chi connectivity index (χ2n) is 2.83. The Labute approximate surface area is 71.8 Å². The molecule has 5 nitrogen and oxygen atoms in total. The molecule has 12 heavy (non-hydrogen) atoms. The summed E-state index contributed by atoms with van der Waals surface area (Å²) >= 11 is 0. The van der Waals surface area contributed by atoms with Crippen molar-refractivity contribution < 1.29 is 4.84 Å². The van der Waals surface area contributed by atoms with E-state index >= 15 is 0 Å². The molecular formula is C7H14N4O. The van der Waals surface area contributed by atoms with Crippen LogP contribution in [0.25, 0.3) is 0 Å². The molecule has 1 heterocycles. The van der Waals surface area contributed by atoms with Crippen LogP contribution < -0.4 is 10.6 Å². The van der Waals surface area contributed by atoms with Crippen molar-refractivity contribution in [3.05, 3.63) is 12.3 Å². The van der Waals surface area contributed by atoms with E-state index < -0.39 is 0 Å². The molecule has 0 fully saturated rings. The zero-order chi connectivity index (χ0) is 9.03. The van der Waals surface area contributed by atoms with Crippen molar-refractivity contribution in [3.8, 4) is 0 Å². The van der Waals surface area contributed by atoms with Crippen molar-refractivity contribution in [2.45, 2.75) is 18.6 Å². The number of hydrogen-bond acceptors (Lipinski definition) is 5. The first-order valence-corrected chi connectivity index (χ1v) is 3.83. The van der Waals surface area contributed by atoms with Crippen LogP contribution in [0.2, 0.25) is 0 Å². The average Bonchev–Trinajstić information content (AvgIpc) is 2.07. The van der Waals surface area contributed by atoms with Crippen LogP contribution in [-0.4, -0.2) is 25.8 Å². The molecule has 1 aliphatic rings. The van der Waals surface area contributed by atoms with Gasteiger partial charge in [-0.15, -0.1) is 5.11 Å². The molecule has 1 atom stereocenters. The highest BCUT2D eigenvalue weighted by Crippen LogP contribution is 2.19. The molecule has 0 bridgehead atoms. The molecule has 0 saturated carbocycles. The maximum Gasteiger partial charge on any atom is 0.132 e. The lowest BCUT2D eigenvalue weighted by molar-refractivity contribution is 0.184. The minimum Gasteiger partial charge on any atom is -0.348 e. The summed E-state index contributed by atoms with van der Waals surface area (Å²) in [6.45, 7) is 1.97. The molecule has 0 aromatic heterocycles. The first-order chi connectivity index (χ1) is 5.73. The first kappa shape index (κ1) is 9.15. The zero-order valence-corrected chi connectivity index (χ0v) is 7.53. The highest BCUT2D eigenvalue weighted by Gasteiger charge is 2.31. The van der Waals surface area contributed by atoms with Gasteiger partial charge in [-0.1, -0.05) is 0 Å². The van der Waals surface area contributed by atoms with Crippen molar-refractivity contribution in [2.75, 3.05) is 14.1 Å². The third kappa shape index (κ3) is 1.62. The summed E-state index contributed by atoms with van der Waals surface area (Å²) in [5.41, 5.74) is -0.373. The van der Waals surface area contributed by atoms with E-state index in [2.05, 4.69) is 25.9 Å². The van der Waals surface area contributed by atoms with Gasteiger partial charge in [-0.05, 0) is 27.1 Å². The summed E-state index contributed by atoms with van der Waals surface area (Å²) in [6, 6.07) is 0. The van der Waals surface area contributed by atoms with E-state index in [-0.39, 0.29) is 11.7 Å². The smallest absolute Gasteiger partial charge is 0.132 e. The third-order valence-electron chi connectivity index (χ3n) is 1.93. The maximum absolute atomic E-state index is 4.63. The zero-order valence-electron chi connectivity index (χ0n) is 7.53. The Hall–Kier alpha value is -0.940. The molecule has 68 valence electrons. The Morgan fingerprint density at radius 3 is 2.50 bits per heavy atom. The van der Waals surface area contributed by atoms with Gasteiger partial charge in [-0.2, -0.15) is 0 Å². The van der Waals surface area contributed by atoms with Crippen LogP contribution in [0.3, 0.4) is 0 Å². The van der Waals surface area contributed by atoms with Gasteiger partial charge in [0.25, 0.3) is 0 Å². The standard InChI is InChI=1S/C7H14N4O/c1-7(6(8-2)9-3)4-5-12-11-10-7/h4-6,8-9H,1-3H3. The normalized spacial score (nSPS) is 27.7. The van der Waals surface area contributed by atoms with Gasteiger partial charge in [-0.25, -0.2) is 0 Å². The molecule has 1 rings (SSSR count). The van der Waals surface area contributed by atoms with Crippen LogP contribution in [0.15, 0.2) is 22.7 Å². The fourth-order valence-electron chi connectivity index (χ4n) is 1.22. The SMILES string of the molecule is CNC(NC)C1(C)C=CON=N1. The minimum absolute atomic E-state index is 0.0569. The Morgan fingerprint density at radius 2 is 2.08 bits per heavy atom. The Bertz CT molecular complexity index is 186. The fourth-order valence-corrected chi connectivity index (χ4v) is 1.22. The summed E-state index contributed by atoms with van der Waals surface area (Å²) < 4.78 is 0. The molecule has 1 unspecified atom stereocenters. The largest absolute Gasteiger partial charge is 0.348 e. The van der Waals surface area contributed by atoms with Gasteiger partial charge in [0.1, 0.15) is 11.8 Å². The Kier molecular flexibility index (Phi) is 2.78. The van der Waals surface area contributed by atoms with Crippen molar-refractivity contribution in [1.29, 1.82) is 0 Å². The summed E-state index contributed by atoms with van der Waals surface area (Å²) in [6.07, 6.45) is 3.45. The van der Waals surface area contributed by atoms with E-state index in [4.69, 9.17) is 0 Å². The van der Waals surface area contributed by atoms with Gasteiger partial charge in [0.2, 0.25) is 0 Å². The van der Waals surface area contributed by atoms with Gasteiger partial charge in [0, 0.05) is 5.28 Å². The van der Waals surface area contributed by atoms with Crippen LogP contribution >= 0.6 is 0 Å². The molecule has 0 radical (unpaired) electrons. The van der Waals surface area contributed by atoms with Crippen LogP contribution in [0.5, 0.6) is 0 Å². The maximum atomic E-state index is 4.63. The number of hydrogen-bond donors (Lipinski definition) is 2. The molecule has 0 spiro atoms. The van der Waals surface area contributed by atoms with Crippen molar-refractivity contribution in [2.24, 2.45) is 10.4 Å². The van der Waals surface area contributed by atoms with Gasteiger partial charge >= 0.3 is 0 Å². The van der Waals surface area contributed by atoms with E-state index in [0.717, 1.165) is 0 Å². The molecule has 0 aliphatic carbocycles. The average molecular weight is 170 g/mol. The van der Waals surface area contributed by atoms with Crippen molar-refractivity contribution >= 4 is 0 Å². The number of rotatable bonds is 3.